The van der Waals surface area contributed by atoms with E-state index in [0.717, 1.165) is 29.1 Å². The minimum atomic E-state index is -0.0254. The van der Waals surface area contributed by atoms with Crippen LogP contribution in [0.15, 0.2) is 67.1 Å². The number of rotatable bonds is 8. The number of nitrogens with two attached hydrogens (primary N) is 1. The first-order valence-corrected chi connectivity index (χ1v) is 10.4. The van der Waals surface area contributed by atoms with E-state index in [2.05, 4.69) is 15.3 Å². The monoisotopic (exact) mass is 466 g/mol. The van der Waals surface area contributed by atoms with Crippen molar-refractivity contribution < 1.29 is 9.53 Å². The van der Waals surface area contributed by atoms with Crippen LogP contribution in [-0.4, -0.2) is 52.4 Å². The molecule has 0 aliphatic rings. The van der Waals surface area contributed by atoms with Gasteiger partial charge in [0.2, 0.25) is 0 Å². The summed E-state index contributed by atoms with van der Waals surface area (Å²) in [5.41, 5.74) is 9.67. The van der Waals surface area contributed by atoms with E-state index in [-0.39, 0.29) is 18.3 Å². The number of hydrogen-bond donors (Lipinski definition) is 2. The summed E-state index contributed by atoms with van der Waals surface area (Å²) < 4.78 is 7.23. The van der Waals surface area contributed by atoms with Crippen LogP contribution in [0.1, 0.15) is 16.8 Å². The van der Waals surface area contributed by atoms with Crippen molar-refractivity contribution in [3.63, 3.8) is 0 Å². The number of carbonyl (C=O) groups is 1. The Morgan fingerprint density at radius 3 is 2.52 bits per heavy atom. The van der Waals surface area contributed by atoms with Gasteiger partial charge in [-0.1, -0.05) is 0 Å². The van der Waals surface area contributed by atoms with Crippen LogP contribution in [0.25, 0.3) is 16.9 Å². The third kappa shape index (κ3) is 5.24. The lowest BCUT2D eigenvalue weighted by Crippen LogP contribution is -2.28. The molecule has 2 aromatic carbocycles. The first-order chi connectivity index (χ1) is 15.6. The van der Waals surface area contributed by atoms with Crippen molar-refractivity contribution in [1.82, 2.24) is 19.3 Å². The summed E-state index contributed by atoms with van der Waals surface area (Å²) in [6.45, 7) is 1.20. The van der Waals surface area contributed by atoms with Gasteiger partial charge in [-0.05, 0) is 61.5 Å². The van der Waals surface area contributed by atoms with Gasteiger partial charge in [-0.2, -0.15) is 0 Å². The highest BCUT2D eigenvalue weighted by molar-refractivity contribution is 5.94. The second-order valence-corrected chi connectivity index (χ2v) is 7.41. The number of fused-ring (bicyclic) bond motifs is 1. The lowest BCUT2D eigenvalue weighted by atomic mass is 10.1. The first-order valence-electron chi connectivity index (χ1n) is 10.4. The summed E-state index contributed by atoms with van der Waals surface area (Å²) in [7, 11) is 3.43. The summed E-state index contributed by atoms with van der Waals surface area (Å²) in [6, 6.07) is 15.2. The number of methoxy groups -OCH3 is 1. The maximum absolute atomic E-state index is 12.5. The maximum Gasteiger partial charge on any atom is 0.253 e. The normalized spacial score (nSPS) is 10.5. The van der Waals surface area contributed by atoms with Gasteiger partial charge in [0.1, 0.15) is 5.75 Å². The molecule has 0 atom stereocenters. The topological polar surface area (TPSA) is 97.8 Å². The molecule has 0 radical (unpaired) electrons. The fourth-order valence-corrected chi connectivity index (χ4v) is 3.47. The van der Waals surface area contributed by atoms with Gasteiger partial charge < -0.3 is 20.7 Å². The van der Waals surface area contributed by atoms with E-state index in [0.29, 0.717) is 30.1 Å². The maximum atomic E-state index is 12.5. The smallest absolute Gasteiger partial charge is 0.253 e. The average Bonchev–Trinajstić information content (AvgIpc) is 3.28. The van der Waals surface area contributed by atoms with Crippen LogP contribution in [-0.2, 0) is 0 Å². The number of benzene rings is 2. The number of carbonyl (C=O) groups excluding carboxylic acids is 1. The predicted molar refractivity (Wildman–Crippen MR) is 133 cm³/mol. The number of hydrogen-bond acceptors (Lipinski definition) is 6. The van der Waals surface area contributed by atoms with Crippen molar-refractivity contribution in [2.75, 3.05) is 32.6 Å². The van der Waals surface area contributed by atoms with Crippen molar-refractivity contribution in [2.24, 2.45) is 5.73 Å². The van der Waals surface area contributed by atoms with E-state index in [1.807, 2.05) is 53.2 Å². The molecule has 0 saturated carbocycles. The SMILES string of the molecule is COc1ccc(-c2cnc3c(Nc4ccc(C(=O)N(C)CCCN)cc4)nccn23)cc1.Cl. The van der Waals surface area contributed by atoms with E-state index < -0.39 is 0 Å². The van der Waals surface area contributed by atoms with E-state index in [9.17, 15) is 4.79 Å². The zero-order valence-corrected chi connectivity index (χ0v) is 19.4. The molecule has 0 bridgehead atoms. The van der Waals surface area contributed by atoms with Crippen molar-refractivity contribution in [3.8, 4) is 17.0 Å². The van der Waals surface area contributed by atoms with Crippen molar-refractivity contribution in [3.05, 3.63) is 72.7 Å². The Morgan fingerprint density at radius 1 is 1.12 bits per heavy atom. The van der Waals surface area contributed by atoms with Crippen molar-refractivity contribution in [2.45, 2.75) is 6.42 Å². The van der Waals surface area contributed by atoms with Gasteiger partial charge in [0.05, 0.1) is 19.0 Å². The molecule has 1 amide bonds. The minimum Gasteiger partial charge on any atom is -0.497 e. The molecule has 0 fully saturated rings. The Morgan fingerprint density at radius 2 is 1.85 bits per heavy atom. The Labute approximate surface area is 198 Å². The number of nitrogens with one attached hydrogen (secondary N) is 1. The van der Waals surface area contributed by atoms with Gasteiger partial charge in [-0.15, -0.1) is 12.4 Å². The van der Waals surface area contributed by atoms with Crippen LogP contribution < -0.4 is 15.8 Å². The number of ether oxygens (including phenoxy) is 1. The summed E-state index contributed by atoms with van der Waals surface area (Å²) in [4.78, 5) is 23.2. The number of aromatic nitrogens is 3. The molecule has 8 nitrogen and oxygen atoms in total. The molecule has 9 heteroatoms. The van der Waals surface area contributed by atoms with Gasteiger partial charge in [-0.25, -0.2) is 9.97 Å². The van der Waals surface area contributed by atoms with Crippen LogP contribution in [0.2, 0.25) is 0 Å². The number of amides is 1. The highest BCUT2D eigenvalue weighted by atomic mass is 35.5. The number of anilines is 2. The molecule has 4 rings (SSSR count). The standard InChI is InChI=1S/C24H26N6O2.ClH/c1-29(14-3-12-25)24(31)18-4-8-19(9-5-18)28-22-23-27-16-21(30(23)15-13-26-22)17-6-10-20(32-2)11-7-17;/h4-11,13,15-16H,3,12,14,25H2,1-2H3,(H,26,28);1H. The third-order valence-electron chi connectivity index (χ3n) is 5.25. The minimum absolute atomic E-state index is 0. The average molecular weight is 467 g/mol. The number of imidazole rings is 1. The van der Waals surface area contributed by atoms with Gasteiger partial charge in [0, 0.05) is 42.8 Å². The van der Waals surface area contributed by atoms with E-state index in [4.69, 9.17) is 10.5 Å². The fraction of sp³-hybridized carbons (Fsp3) is 0.208. The van der Waals surface area contributed by atoms with E-state index >= 15 is 0 Å². The molecule has 0 aliphatic heterocycles. The summed E-state index contributed by atoms with van der Waals surface area (Å²) in [5.74, 6) is 1.41. The van der Waals surface area contributed by atoms with Gasteiger partial charge >= 0.3 is 0 Å². The molecule has 0 aliphatic carbocycles. The molecule has 33 heavy (non-hydrogen) atoms. The quantitative estimate of drug-likeness (QED) is 0.407. The largest absolute Gasteiger partial charge is 0.497 e. The third-order valence-corrected chi connectivity index (χ3v) is 5.25. The Hall–Kier alpha value is -3.62. The zero-order valence-electron chi connectivity index (χ0n) is 18.6. The number of nitrogens with zero attached hydrogens (tertiary/aromatic N) is 4. The molecule has 4 aromatic rings. The van der Waals surface area contributed by atoms with Crippen molar-refractivity contribution in [1.29, 1.82) is 0 Å². The van der Waals surface area contributed by atoms with Crippen molar-refractivity contribution >= 4 is 35.5 Å². The van der Waals surface area contributed by atoms with Gasteiger partial charge in [0.25, 0.3) is 5.91 Å². The predicted octanol–water partition coefficient (Wildman–Crippen LogP) is 3.99. The lowest BCUT2D eigenvalue weighted by Gasteiger charge is -2.17. The fourth-order valence-electron chi connectivity index (χ4n) is 3.47. The first kappa shape index (κ1) is 24.0. The molecule has 3 N–H and O–H groups in total. The summed E-state index contributed by atoms with van der Waals surface area (Å²) >= 11 is 0. The second kappa shape index (κ2) is 10.8. The van der Waals surface area contributed by atoms with Crippen LogP contribution in [0, 0.1) is 0 Å². The molecular weight excluding hydrogens is 440 g/mol. The Balaban J connectivity index is 0.00000306. The zero-order chi connectivity index (χ0) is 22.5. The van der Waals surface area contributed by atoms with E-state index in [1.165, 1.54) is 0 Å². The van der Waals surface area contributed by atoms with E-state index in [1.54, 1.807) is 37.4 Å². The van der Waals surface area contributed by atoms with Crippen LogP contribution >= 0.6 is 12.4 Å². The van der Waals surface area contributed by atoms with Gasteiger partial charge in [-0.3, -0.25) is 9.20 Å². The Kier molecular flexibility index (Phi) is 7.87. The number of halogens is 1. The van der Waals surface area contributed by atoms with Crippen LogP contribution in [0.5, 0.6) is 5.75 Å². The molecule has 0 unspecified atom stereocenters. The lowest BCUT2D eigenvalue weighted by molar-refractivity contribution is 0.0794. The molecular formula is C24H27ClN6O2. The molecule has 2 aromatic heterocycles. The van der Waals surface area contributed by atoms with Gasteiger partial charge in [0.15, 0.2) is 11.5 Å². The molecule has 0 spiro atoms. The van der Waals surface area contributed by atoms with Crippen LogP contribution in [0.4, 0.5) is 11.5 Å². The Bertz CT molecular complexity index is 1210. The van der Waals surface area contributed by atoms with Crippen LogP contribution in [0.3, 0.4) is 0 Å². The molecule has 172 valence electrons. The summed E-state index contributed by atoms with van der Waals surface area (Å²) in [5, 5.41) is 3.30. The summed E-state index contributed by atoms with van der Waals surface area (Å²) in [6.07, 6.45) is 6.21. The highest BCUT2D eigenvalue weighted by Crippen LogP contribution is 2.26. The molecule has 2 heterocycles. The highest BCUT2D eigenvalue weighted by Gasteiger charge is 2.13. The second-order valence-electron chi connectivity index (χ2n) is 7.41. The molecule has 0 saturated heterocycles.